The number of benzene rings is 1. The summed E-state index contributed by atoms with van der Waals surface area (Å²) >= 11 is 3.23. The van der Waals surface area contributed by atoms with Gasteiger partial charge < -0.3 is 10.5 Å². The van der Waals surface area contributed by atoms with E-state index in [2.05, 4.69) is 20.7 Å². The third-order valence-electron chi connectivity index (χ3n) is 2.22. The molecule has 19 heavy (non-hydrogen) atoms. The van der Waals surface area contributed by atoms with Gasteiger partial charge in [0.05, 0.1) is 11.5 Å². The topological polar surface area (TPSA) is 98.5 Å². The molecule has 1 aromatic rings. The number of carbonyl (C=O) groups is 1. The van der Waals surface area contributed by atoms with Gasteiger partial charge in [0, 0.05) is 11.0 Å². The van der Waals surface area contributed by atoms with Crippen LogP contribution in [0.25, 0.3) is 0 Å². The molecule has 0 aliphatic rings. The van der Waals surface area contributed by atoms with Crippen molar-refractivity contribution in [3.63, 3.8) is 0 Å². The molecule has 0 saturated carbocycles. The van der Waals surface area contributed by atoms with Crippen molar-refractivity contribution < 1.29 is 17.9 Å². The van der Waals surface area contributed by atoms with E-state index < -0.39 is 15.9 Å². The molecule has 106 valence electrons. The third kappa shape index (κ3) is 5.27. The van der Waals surface area contributed by atoms with E-state index in [1.807, 2.05) is 0 Å². The number of amides is 1. The average Bonchev–Trinajstić information content (AvgIpc) is 2.31. The summed E-state index contributed by atoms with van der Waals surface area (Å²) in [4.78, 5) is 10.6. The Morgan fingerprint density at radius 2 is 2.16 bits per heavy atom. The highest BCUT2D eigenvalue weighted by molar-refractivity contribution is 9.10. The van der Waals surface area contributed by atoms with Crippen molar-refractivity contribution in [3.05, 3.63) is 28.2 Å². The van der Waals surface area contributed by atoms with E-state index in [0.717, 1.165) is 0 Å². The maximum Gasteiger partial charge on any atom is 0.243 e. The Kier molecular flexibility index (Phi) is 5.92. The van der Waals surface area contributed by atoms with E-state index in [0.29, 0.717) is 10.0 Å². The van der Waals surface area contributed by atoms with Gasteiger partial charge in [-0.25, -0.2) is 13.1 Å². The summed E-state index contributed by atoms with van der Waals surface area (Å²) < 4.78 is 32.0. The average molecular weight is 351 g/mol. The third-order valence-corrected chi connectivity index (χ3v) is 4.32. The molecule has 0 bridgehead atoms. The van der Waals surface area contributed by atoms with Crippen LogP contribution in [0, 0.1) is 6.92 Å². The Labute approximate surface area is 120 Å². The van der Waals surface area contributed by atoms with Crippen molar-refractivity contribution in [2.45, 2.75) is 11.8 Å². The molecule has 0 unspecified atom stereocenters. The molecule has 0 saturated heterocycles. The van der Waals surface area contributed by atoms with Gasteiger partial charge in [-0.1, -0.05) is 22.0 Å². The second-order valence-electron chi connectivity index (χ2n) is 3.83. The molecule has 0 aliphatic heterocycles. The van der Waals surface area contributed by atoms with E-state index >= 15 is 0 Å². The standard InChI is InChI=1S/C11H15BrN2O4S/c1-8-2-3-9(12)6-10(8)19(16,17)14-4-5-18-7-11(13)15/h2-3,6,14H,4-5,7H2,1H3,(H2,13,15). The van der Waals surface area contributed by atoms with E-state index in [1.165, 1.54) is 6.07 Å². The number of ether oxygens (including phenoxy) is 1. The van der Waals surface area contributed by atoms with E-state index in [4.69, 9.17) is 10.5 Å². The van der Waals surface area contributed by atoms with Crippen molar-refractivity contribution in [1.29, 1.82) is 0 Å². The number of rotatable bonds is 7. The van der Waals surface area contributed by atoms with Gasteiger partial charge in [0.2, 0.25) is 15.9 Å². The van der Waals surface area contributed by atoms with Crippen LogP contribution < -0.4 is 10.5 Å². The lowest BCUT2D eigenvalue weighted by Gasteiger charge is -2.09. The summed E-state index contributed by atoms with van der Waals surface area (Å²) in [7, 11) is -3.59. The number of halogens is 1. The van der Waals surface area contributed by atoms with Crippen LogP contribution in [0.1, 0.15) is 5.56 Å². The largest absolute Gasteiger partial charge is 0.370 e. The minimum Gasteiger partial charge on any atom is -0.370 e. The quantitative estimate of drug-likeness (QED) is 0.701. The zero-order valence-electron chi connectivity index (χ0n) is 10.3. The Hall–Kier alpha value is -0.960. The SMILES string of the molecule is Cc1ccc(Br)cc1S(=O)(=O)NCCOCC(N)=O. The number of hydrogen-bond acceptors (Lipinski definition) is 4. The molecule has 1 rings (SSSR count). The molecule has 0 heterocycles. The number of nitrogens with two attached hydrogens (primary N) is 1. The molecular formula is C11H15BrN2O4S. The first kappa shape index (κ1) is 16.1. The van der Waals surface area contributed by atoms with Gasteiger partial charge in [-0.15, -0.1) is 0 Å². The van der Waals surface area contributed by atoms with Crippen LogP contribution in [0.3, 0.4) is 0 Å². The molecule has 8 heteroatoms. The maximum atomic E-state index is 12.0. The van der Waals surface area contributed by atoms with Crippen molar-refractivity contribution in [1.82, 2.24) is 4.72 Å². The lowest BCUT2D eigenvalue weighted by molar-refractivity contribution is -0.122. The van der Waals surface area contributed by atoms with E-state index in [9.17, 15) is 13.2 Å². The van der Waals surface area contributed by atoms with Crippen LogP contribution >= 0.6 is 15.9 Å². The number of primary amides is 1. The van der Waals surface area contributed by atoms with Gasteiger partial charge in [-0.3, -0.25) is 4.79 Å². The molecule has 0 fully saturated rings. The molecule has 0 radical (unpaired) electrons. The van der Waals surface area contributed by atoms with Crippen molar-refractivity contribution in [2.75, 3.05) is 19.8 Å². The number of aryl methyl sites for hydroxylation is 1. The summed E-state index contributed by atoms with van der Waals surface area (Å²) in [6.45, 7) is 1.64. The maximum absolute atomic E-state index is 12.0. The minimum atomic E-state index is -3.59. The zero-order valence-corrected chi connectivity index (χ0v) is 12.8. The fourth-order valence-corrected chi connectivity index (χ4v) is 3.16. The second-order valence-corrected chi connectivity index (χ2v) is 6.48. The first-order valence-corrected chi connectivity index (χ1v) is 7.72. The highest BCUT2D eigenvalue weighted by atomic mass is 79.9. The molecule has 0 aliphatic carbocycles. The predicted octanol–water partition coefficient (Wildman–Crippen LogP) is 0.538. The van der Waals surface area contributed by atoms with E-state index in [1.54, 1.807) is 19.1 Å². The van der Waals surface area contributed by atoms with Gasteiger partial charge >= 0.3 is 0 Å². The zero-order chi connectivity index (χ0) is 14.5. The molecule has 0 spiro atoms. The Morgan fingerprint density at radius 3 is 2.79 bits per heavy atom. The number of hydrogen-bond donors (Lipinski definition) is 2. The molecule has 0 aromatic heterocycles. The van der Waals surface area contributed by atoms with Crippen LogP contribution in [-0.2, 0) is 19.6 Å². The first-order valence-electron chi connectivity index (χ1n) is 5.45. The van der Waals surface area contributed by atoms with Gasteiger partial charge in [0.15, 0.2) is 0 Å². The molecule has 3 N–H and O–H groups in total. The highest BCUT2D eigenvalue weighted by Crippen LogP contribution is 2.20. The highest BCUT2D eigenvalue weighted by Gasteiger charge is 2.16. The van der Waals surface area contributed by atoms with Gasteiger partial charge in [-0.2, -0.15) is 0 Å². The Morgan fingerprint density at radius 1 is 1.47 bits per heavy atom. The van der Waals surface area contributed by atoms with Crippen molar-refractivity contribution >= 4 is 31.9 Å². The lowest BCUT2D eigenvalue weighted by Crippen LogP contribution is -2.29. The van der Waals surface area contributed by atoms with Crippen LogP contribution in [0.15, 0.2) is 27.6 Å². The molecule has 1 amide bonds. The summed E-state index contributed by atoms with van der Waals surface area (Å²) in [5, 5.41) is 0. The second kappa shape index (κ2) is 6.99. The van der Waals surface area contributed by atoms with Crippen LogP contribution in [0.5, 0.6) is 0 Å². The summed E-state index contributed by atoms with van der Waals surface area (Å²) in [5.41, 5.74) is 5.53. The monoisotopic (exact) mass is 350 g/mol. The van der Waals surface area contributed by atoms with Crippen LogP contribution in [0.2, 0.25) is 0 Å². The number of nitrogens with one attached hydrogen (secondary N) is 1. The molecule has 1 aromatic carbocycles. The minimum absolute atomic E-state index is 0.0710. The van der Waals surface area contributed by atoms with Gasteiger partial charge in [-0.05, 0) is 24.6 Å². The fourth-order valence-electron chi connectivity index (χ4n) is 1.36. The van der Waals surface area contributed by atoms with Crippen LogP contribution in [0.4, 0.5) is 0 Å². The Bertz CT molecular complexity index is 560. The Balaban J connectivity index is 2.61. The predicted molar refractivity (Wildman–Crippen MR) is 74.1 cm³/mol. The summed E-state index contributed by atoms with van der Waals surface area (Å²) in [6, 6.07) is 5.01. The molecular weight excluding hydrogens is 336 g/mol. The number of sulfonamides is 1. The van der Waals surface area contributed by atoms with Crippen molar-refractivity contribution in [2.24, 2.45) is 5.73 Å². The molecule has 0 atom stereocenters. The van der Waals surface area contributed by atoms with Crippen LogP contribution in [-0.4, -0.2) is 34.1 Å². The van der Waals surface area contributed by atoms with Gasteiger partial charge in [0.1, 0.15) is 6.61 Å². The van der Waals surface area contributed by atoms with E-state index in [-0.39, 0.29) is 24.7 Å². The fraction of sp³-hybridized carbons (Fsp3) is 0.364. The smallest absolute Gasteiger partial charge is 0.243 e. The normalized spacial score (nSPS) is 11.5. The number of carbonyl (C=O) groups excluding carboxylic acids is 1. The summed E-state index contributed by atoms with van der Waals surface area (Å²) in [5.74, 6) is -0.592. The summed E-state index contributed by atoms with van der Waals surface area (Å²) in [6.07, 6.45) is 0. The first-order chi connectivity index (χ1) is 8.83. The van der Waals surface area contributed by atoms with Gasteiger partial charge in [0.25, 0.3) is 0 Å². The molecule has 6 nitrogen and oxygen atoms in total. The van der Waals surface area contributed by atoms with Crippen molar-refractivity contribution in [3.8, 4) is 0 Å². The lowest BCUT2D eigenvalue weighted by atomic mass is 10.2.